The largest absolute Gasteiger partial charge is 0.452 e. The summed E-state index contributed by atoms with van der Waals surface area (Å²) in [7, 11) is 1.35. The SMILES string of the molecule is COC(=O)N1C=CN=CC1. The fourth-order valence-electron chi connectivity index (χ4n) is 0.628. The Balaban J connectivity index is 2.51. The van der Waals surface area contributed by atoms with E-state index >= 15 is 0 Å². The highest BCUT2D eigenvalue weighted by molar-refractivity contribution is 5.75. The first kappa shape index (κ1) is 6.80. The summed E-state index contributed by atoms with van der Waals surface area (Å²) in [4.78, 5) is 16.0. The number of carbonyl (C=O) groups excluding carboxylic acids is 1. The van der Waals surface area contributed by atoms with Crippen molar-refractivity contribution < 1.29 is 9.53 Å². The third-order valence-corrected chi connectivity index (χ3v) is 1.13. The number of aliphatic imine (C=N–C) groups is 1. The van der Waals surface area contributed by atoms with Gasteiger partial charge in [0.25, 0.3) is 0 Å². The van der Waals surface area contributed by atoms with Crippen LogP contribution in [0.2, 0.25) is 0 Å². The van der Waals surface area contributed by atoms with E-state index in [2.05, 4.69) is 9.73 Å². The number of hydrogen-bond donors (Lipinski definition) is 0. The van der Waals surface area contributed by atoms with Crippen molar-refractivity contribution in [3.63, 3.8) is 0 Å². The molecule has 10 heavy (non-hydrogen) atoms. The zero-order chi connectivity index (χ0) is 7.40. The maximum Gasteiger partial charge on any atom is 0.413 e. The van der Waals surface area contributed by atoms with E-state index in [1.54, 1.807) is 18.6 Å². The molecular formula is C6H8N2O2. The minimum atomic E-state index is -0.359. The van der Waals surface area contributed by atoms with Crippen LogP contribution in [0.15, 0.2) is 17.4 Å². The molecule has 0 atom stereocenters. The second-order valence-corrected chi connectivity index (χ2v) is 1.75. The Labute approximate surface area is 58.8 Å². The minimum absolute atomic E-state index is 0.359. The van der Waals surface area contributed by atoms with Gasteiger partial charge in [0.1, 0.15) is 0 Å². The molecular weight excluding hydrogens is 132 g/mol. The molecule has 0 radical (unpaired) electrons. The second kappa shape index (κ2) is 3.00. The van der Waals surface area contributed by atoms with Gasteiger partial charge in [0.15, 0.2) is 0 Å². The summed E-state index contributed by atoms with van der Waals surface area (Å²) < 4.78 is 4.46. The topological polar surface area (TPSA) is 41.9 Å². The highest BCUT2D eigenvalue weighted by Gasteiger charge is 2.09. The third-order valence-electron chi connectivity index (χ3n) is 1.13. The van der Waals surface area contributed by atoms with Crippen molar-refractivity contribution in [3.05, 3.63) is 12.4 Å². The molecule has 0 aromatic carbocycles. The quantitative estimate of drug-likeness (QED) is 0.494. The predicted molar refractivity (Wildman–Crippen MR) is 36.7 cm³/mol. The molecule has 0 fully saturated rings. The predicted octanol–water partition coefficient (Wildman–Crippen LogP) is 0.610. The van der Waals surface area contributed by atoms with Crippen LogP contribution in [-0.2, 0) is 4.74 Å². The van der Waals surface area contributed by atoms with Crippen LogP contribution in [0.3, 0.4) is 0 Å². The van der Waals surface area contributed by atoms with Crippen molar-refractivity contribution in [3.8, 4) is 0 Å². The van der Waals surface area contributed by atoms with Crippen LogP contribution < -0.4 is 0 Å². The first-order chi connectivity index (χ1) is 4.84. The number of carbonyl (C=O) groups is 1. The Bertz CT molecular complexity index is 186. The van der Waals surface area contributed by atoms with Gasteiger partial charge in [0.05, 0.1) is 13.7 Å². The standard InChI is InChI=1S/C6H8N2O2/c1-10-6(9)8-4-2-7-3-5-8/h2-4H,5H2,1H3. The van der Waals surface area contributed by atoms with E-state index in [1.165, 1.54) is 12.0 Å². The lowest BCUT2D eigenvalue weighted by molar-refractivity contribution is 0.144. The maximum absolute atomic E-state index is 10.8. The highest BCUT2D eigenvalue weighted by atomic mass is 16.5. The monoisotopic (exact) mass is 140 g/mol. The van der Waals surface area contributed by atoms with Gasteiger partial charge in [-0.2, -0.15) is 0 Å². The molecule has 54 valence electrons. The molecule has 1 aliphatic heterocycles. The maximum atomic E-state index is 10.8. The van der Waals surface area contributed by atoms with Crippen LogP contribution >= 0.6 is 0 Å². The molecule has 0 N–H and O–H groups in total. The fourth-order valence-corrected chi connectivity index (χ4v) is 0.628. The van der Waals surface area contributed by atoms with Crippen molar-refractivity contribution in [1.82, 2.24) is 4.90 Å². The van der Waals surface area contributed by atoms with Crippen molar-refractivity contribution >= 4 is 12.3 Å². The molecule has 1 aliphatic rings. The summed E-state index contributed by atoms with van der Waals surface area (Å²) in [5.41, 5.74) is 0. The number of ether oxygens (including phenoxy) is 1. The summed E-state index contributed by atoms with van der Waals surface area (Å²) in [6.45, 7) is 0.489. The van der Waals surface area contributed by atoms with Crippen molar-refractivity contribution in [1.29, 1.82) is 0 Å². The normalized spacial score (nSPS) is 15.5. The highest BCUT2D eigenvalue weighted by Crippen LogP contribution is 1.96. The third kappa shape index (κ3) is 1.34. The van der Waals surface area contributed by atoms with Gasteiger partial charge in [-0.3, -0.25) is 9.89 Å². The summed E-state index contributed by atoms with van der Waals surface area (Å²) in [5.74, 6) is 0. The van der Waals surface area contributed by atoms with Crippen LogP contribution in [0.25, 0.3) is 0 Å². The summed E-state index contributed by atoms with van der Waals surface area (Å²) in [6, 6.07) is 0. The minimum Gasteiger partial charge on any atom is -0.452 e. The number of nitrogens with zero attached hydrogens (tertiary/aromatic N) is 2. The fraction of sp³-hybridized carbons (Fsp3) is 0.333. The van der Waals surface area contributed by atoms with Gasteiger partial charge in [-0.25, -0.2) is 4.79 Å². The van der Waals surface area contributed by atoms with Crippen LogP contribution in [-0.4, -0.2) is 30.9 Å². The molecule has 1 amide bonds. The van der Waals surface area contributed by atoms with Crippen LogP contribution in [0.5, 0.6) is 0 Å². The van der Waals surface area contributed by atoms with Gasteiger partial charge in [-0.15, -0.1) is 0 Å². The van der Waals surface area contributed by atoms with Crippen molar-refractivity contribution in [2.24, 2.45) is 4.99 Å². The number of amides is 1. The van der Waals surface area contributed by atoms with E-state index in [4.69, 9.17) is 0 Å². The Hall–Kier alpha value is -1.32. The van der Waals surface area contributed by atoms with E-state index in [0.717, 1.165) is 0 Å². The first-order valence-corrected chi connectivity index (χ1v) is 2.87. The van der Waals surface area contributed by atoms with E-state index in [0.29, 0.717) is 6.54 Å². The molecule has 0 aromatic heterocycles. The number of hydrogen-bond acceptors (Lipinski definition) is 3. The van der Waals surface area contributed by atoms with E-state index < -0.39 is 0 Å². The number of methoxy groups -OCH3 is 1. The van der Waals surface area contributed by atoms with Gasteiger partial charge in [0, 0.05) is 18.6 Å². The van der Waals surface area contributed by atoms with E-state index in [-0.39, 0.29) is 6.09 Å². The second-order valence-electron chi connectivity index (χ2n) is 1.75. The molecule has 0 spiro atoms. The van der Waals surface area contributed by atoms with Crippen molar-refractivity contribution in [2.75, 3.05) is 13.7 Å². The van der Waals surface area contributed by atoms with Gasteiger partial charge in [0.2, 0.25) is 0 Å². The lowest BCUT2D eigenvalue weighted by Gasteiger charge is -2.15. The Morgan fingerprint density at radius 1 is 1.80 bits per heavy atom. The molecule has 0 saturated heterocycles. The molecule has 1 heterocycles. The Morgan fingerprint density at radius 2 is 2.60 bits per heavy atom. The van der Waals surface area contributed by atoms with Gasteiger partial charge < -0.3 is 4.74 Å². The molecule has 4 heteroatoms. The lowest BCUT2D eigenvalue weighted by Crippen LogP contribution is -2.28. The summed E-state index contributed by atoms with van der Waals surface area (Å²) >= 11 is 0. The Kier molecular flexibility index (Phi) is 2.04. The lowest BCUT2D eigenvalue weighted by atomic mass is 10.5. The zero-order valence-corrected chi connectivity index (χ0v) is 5.65. The van der Waals surface area contributed by atoms with Crippen LogP contribution in [0.4, 0.5) is 4.79 Å². The van der Waals surface area contributed by atoms with Crippen molar-refractivity contribution in [2.45, 2.75) is 0 Å². The molecule has 0 unspecified atom stereocenters. The molecule has 1 rings (SSSR count). The Morgan fingerprint density at radius 3 is 3.10 bits per heavy atom. The van der Waals surface area contributed by atoms with Gasteiger partial charge in [-0.1, -0.05) is 0 Å². The molecule has 0 saturated carbocycles. The van der Waals surface area contributed by atoms with Crippen LogP contribution in [0, 0.1) is 0 Å². The van der Waals surface area contributed by atoms with E-state index in [9.17, 15) is 4.79 Å². The molecule has 0 bridgehead atoms. The van der Waals surface area contributed by atoms with E-state index in [1.807, 2.05) is 0 Å². The summed E-state index contributed by atoms with van der Waals surface area (Å²) in [6.07, 6.45) is 4.39. The molecule has 0 aliphatic carbocycles. The number of rotatable bonds is 0. The van der Waals surface area contributed by atoms with Crippen LogP contribution in [0.1, 0.15) is 0 Å². The summed E-state index contributed by atoms with van der Waals surface area (Å²) in [5, 5.41) is 0. The smallest absolute Gasteiger partial charge is 0.413 e. The van der Waals surface area contributed by atoms with Gasteiger partial charge >= 0.3 is 6.09 Å². The molecule has 0 aromatic rings. The molecule has 4 nitrogen and oxygen atoms in total. The average Bonchev–Trinajstić information content (AvgIpc) is 2.05. The first-order valence-electron chi connectivity index (χ1n) is 2.87. The zero-order valence-electron chi connectivity index (χ0n) is 5.65. The average molecular weight is 140 g/mol. The van der Waals surface area contributed by atoms with Gasteiger partial charge in [-0.05, 0) is 0 Å².